The normalized spacial score (nSPS) is 11.6. The highest BCUT2D eigenvalue weighted by molar-refractivity contribution is 7.92. The van der Waals surface area contributed by atoms with Gasteiger partial charge in [-0.1, -0.05) is 29.3 Å². The number of hydrogen-bond acceptors (Lipinski definition) is 4. The summed E-state index contributed by atoms with van der Waals surface area (Å²) in [6.07, 6.45) is 0. The van der Waals surface area contributed by atoms with Crippen LogP contribution in [0.25, 0.3) is 0 Å². The molecule has 0 aromatic heterocycles. The van der Waals surface area contributed by atoms with Gasteiger partial charge in [0.2, 0.25) is 0 Å². The monoisotopic (exact) mass is 478 g/mol. The Morgan fingerprint density at radius 3 is 2.13 bits per heavy atom. The minimum absolute atomic E-state index is 0.0437. The molecule has 31 heavy (non-hydrogen) atoms. The van der Waals surface area contributed by atoms with Crippen LogP contribution in [-0.4, -0.2) is 19.9 Å². The van der Waals surface area contributed by atoms with Gasteiger partial charge in [0, 0.05) is 15.7 Å². The molecule has 6 nitrogen and oxygen atoms in total. The summed E-state index contributed by atoms with van der Waals surface area (Å²) < 4.78 is 33.3. The number of carbonyl (C=O) groups is 1. The van der Waals surface area contributed by atoms with Gasteiger partial charge in [0.1, 0.15) is 5.75 Å². The number of carbonyl (C=O) groups excluding carboxylic acids is 1. The molecule has 3 rings (SSSR count). The largest absolute Gasteiger partial charge is 0.478 e. The van der Waals surface area contributed by atoms with Gasteiger partial charge in [-0.15, -0.1) is 0 Å². The number of rotatable bonds is 7. The van der Waals surface area contributed by atoms with Crippen molar-refractivity contribution >= 4 is 50.5 Å². The number of nitrogens with one attached hydrogen (secondary N) is 2. The Balaban J connectivity index is 1.67. The predicted molar refractivity (Wildman–Crippen MR) is 123 cm³/mol. The maximum absolute atomic E-state index is 12.7. The quantitative estimate of drug-likeness (QED) is 0.463. The van der Waals surface area contributed by atoms with E-state index in [0.717, 1.165) is 0 Å². The SMILES string of the molecule is CC(C)(Oc1ccc(Cl)cc1)C(=O)Nc1ccc(S(=O)(=O)Nc2cccc(Cl)c2)cc1. The molecule has 0 heterocycles. The fraction of sp³-hybridized carbons (Fsp3) is 0.136. The third-order valence-corrected chi connectivity index (χ3v) is 6.12. The average molecular weight is 479 g/mol. The van der Waals surface area contributed by atoms with Crippen LogP contribution in [-0.2, 0) is 14.8 Å². The number of halogens is 2. The Labute approximate surface area is 191 Å². The third kappa shape index (κ3) is 6.13. The molecular formula is C22H20Cl2N2O4S. The number of benzene rings is 3. The lowest BCUT2D eigenvalue weighted by molar-refractivity contribution is -0.128. The summed E-state index contributed by atoms with van der Waals surface area (Å²) in [5.41, 5.74) is -0.391. The summed E-state index contributed by atoms with van der Waals surface area (Å²) >= 11 is 11.8. The van der Waals surface area contributed by atoms with Crippen LogP contribution in [0.1, 0.15) is 13.8 Å². The van der Waals surface area contributed by atoms with Gasteiger partial charge in [-0.2, -0.15) is 0 Å². The highest BCUT2D eigenvalue weighted by Crippen LogP contribution is 2.24. The second-order valence-corrected chi connectivity index (χ2v) is 9.72. The zero-order valence-electron chi connectivity index (χ0n) is 16.7. The number of ether oxygens (including phenoxy) is 1. The molecule has 0 aliphatic rings. The van der Waals surface area contributed by atoms with Crippen LogP contribution in [0.4, 0.5) is 11.4 Å². The van der Waals surface area contributed by atoms with Gasteiger partial charge in [0.15, 0.2) is 5.60 Å². The molecule has 0 bridgehead atoms. The molecule has 0 spiro atoms. The van der Waals surface area contributed by atoms with Crippen molar-refractivity contribution in [2.45, 2.75) is 24.3 Å². The van der Waals surface area contributed by atoms with E-state index in [9.17, 15) is 13.2 Å². The van der Waals surface area contributed by atoms with Gasteiger partial charge in [-0.3, -0.25) is 9.52 Å². The van der Waals surface area contributed by atoms with E-state index in [1.807, 2.05) is 0 Å². The van der Waals surface area contributed by atoms with E-state index in [1.54, 1.807) is 56.3 Å². The number of amides is 1. The molecule has 0 aliphatic carbocycles. The molecule has 0 unspecified atom stereocenters. The topological polar surface area (TPSA) is 84.5 Å². The number of anilines is 2. The molecule has 162 valence electrons. The van der Waals surface area contributed by atoms with E-state index in [0.29, 0.717) is 27.2 Å². The van der Waals surface area contributed by atoms with Crippen molar-refractivity contribution in [3.05, 3.63) is 82.8 Å². The lowest BCUT2D eigenvalue weighted by atomic mass is 10.1. The smallest absolute Gasteiger partial charge is 0.267 e. The minimum atomic E-state index is -3.80. The number of sulfonamides is 1. The molecule has 2 N–H and O–H groups in total. The van der Waals surface area contributed by atoms with Gasteiger partial charge in [0.05, 0.1) is 10.6 Å². The highest BCUT2D eigenvalue weighted by Gasteiger charge is 2.30. The van der Waals surface area contributed by atoms with Crippen LogP contribution in [0.2, 0.25) is 10.0 Å². The third-order valence-electron chi connectivity index (χ3n) is 4.23. The minimum Gasteiger partial charge on any atom is -0.478 e. The Morgan fingerprint density at radius 1 is 0.871 bits per heavy atom. The zero-order chi connectivity index (χ0) is 22.6. The second kappa shape index (κ2) is 9.18. The molecule has 0 radical (unpaired) electrons. The van der Waals surface area contributed by atoms with Crippen molar-refractivity contribution in [3.8, 4) is 5.75 Å². The lowest BCUT2D eigenvalue weighted by Crippen LogP contribution is -2.42. The van der Waals surface area contributed by atoms with Crippen LogP contribution >= 0.6 is 23.2 Å². The van der Waals surface area contributed by atoms with Crippen LogP contribution in [0, 0.1) is 0 Å². The second-order valence-electron chi connectivity index (χ2n) is 7.16. The summed E-state index contributed by atoms with van der Waals surface area (Å²) in [6.45, 7) is 3.26. The lowest BCUT2D eigenvalue weighted by Gasteiger charge is -2.25. The zero-order valence-corrected chi connectivity index (χ0v) is 19.1. The summed E-state index contributed by atoms with van der Waals surface area (Å²) in [4.78, 5) is 12.7. The van der Waals surface area contributed by atoms with E-state index < -0.39 is 21.5 Å². The summed E-state index contributed by atoms with van der Waals surface area (Å²) in [6, 6.07) is 18.9. The summed E-state index contributed by atoms with van der Waals surface area (Å²) in [5, 5.41) is 3.71. The van der Waals surface area contributed by atoms with Crippen LogP contribution in [0.3, 0.4) is 0 Å². The van der Waals surface area contributed by atoms with Crippen molar-refractivity contribution in [1.82, 2.24) is 0 Å². The van der Waals surface area contributed by atoms with Crippen LogP contribution in [0.5, 0.6) is 5.75 Å². The Hall–Kier alpha value is -2.74. The van der Waals surface area contributed by atoms with E-state index in [4.69, 9.17) is 27.9 Å². The molecule has 0 aliphatic heterocycles. The average Bonchev–Trinajstić information content (AvgIpc) is 2.69. The highest BCUT2D eigenvalue weighted by atomic mass is 35.5. The molecule has 9 heteroatoms. The van der Waals surface area contributed by atoms with Gasteiger partial charge in [-0.25, -0.2) is 8.42 Å². The first-order valence-corrected chi connectivity index (χ1v) is 11.4. The summed E-state index contributed by atoms with van der Waals surface area (Å²) in [7, 11) is -3.80. The van der Waals surface area contributed by atoms with Crippen LogP contribution in [0.15, 0.2) is 77.7 Å². The maximum atomic E-state index is 12.7. The molecule has 0 fully saturated rings. The standard InChI is InChI=1S/C22H20Cl2N2O4S/c1-22(2,30-19-10-6-15(23)7-11-19)21(27)25-17-8-12-20(13-9-17)31(28,29)26-18-5-3-4-16(24)14-18/h3-14,26H,1-2H3,(H,25,27). The Kier molecular flexibility index (Phi) is 6.79. The first kappa shape index (κ1) is 22.9. The first-order valence-electron chi connectivity index (χ1n) is 9.20. The summed E-state index contributed by atoms with van der Waals surface area (Å²) in [5.74, 6) is 0.105. The fourth-order valence-electron chi connectivity index (χ4n) is 2.61. The Morgan fingerprint density at radius 2 is 1.52 bits per heavy atom. The van der Waals surface area contributed by atoms with Gasteiger partial charge in [0.25, 0.3) is 15.9 Å². The van der Waals surface area contributed by atoms with Gasteiger partial charge in [-0.05, 0) is 80.6 Å². The number of hydrogen-bond donors (Lipinski definition) is 2. The van der Waals surface area contributed by atoms with Crippen molar-refractivity contribution in [1.29, 1.82) is 0 Å². The molecule has 3 aromatic carbocycles. The van der Waals surface area contributed by atoms with E-state index >= 15 is 0 Å². The molecule has 3 aromatic rings. The first-order chi connectivity index (χ1) is 14.5. The van der Waals surface area contributed by atoms with Crippen LogP contribution < -0.4 is 14.8 Å². The van der Waals surface area contributed by atoms with Crippen molar-refractivity contribution in [2.24, 2.45) is 0 Å². The van der Waals surface area contributed by atoms with E-state index in [2.05, 4.69) is 10.0 Å². The van der Waals surface area contributed by atoms with Crippen molar-refractivity contribution in [3.63, 3.8) is 0 Å². The van der Waals surface area contributed by atoms with Gasteiger partial charge < -0.3 is 10.1 Å². The molecular weight excluding hydrogens is 459 g/mol. The molecule has 0 saturated carbocycles. The predicted octanol–water partition coefficient (Wildman–Crippen LogP) is 5.59. The van der Waals surface area contributed by atoms with Gasteiger partial charge >= 0.3 is 0 Å². The molecule has 0 atom stereocenters. The fourth-order valence-corrected chi connectivity index (χ4v) is 3.97. The Bertz CT molecular complexity index is 1180. The van der Waals surface area contributed by atoms with Crippen molar-refractivity contribution in [2.75, 3.05) is 10.0 Å². The van der Waals surface area contributed by atoms with E-state index in [-0.39, 0.29) is 4.90 Å². The molecule has 0 saturated heterocycles. The molecule has 1 amide bonds. The maximum Gasteiger partial charge on any atom is 0.267 e. The van der Waals surface area contributed by atoms with Crippen molar-refractivity contribution < 1.29 is 17.9 Å². The van der Waals surface area contributed by atoms with E-state index in [1.165, 1.54) is 30.3 Å².